The van der Waals surface area contributed by atoms with E-state index in [0.717, 1.165) is 5.56 Å². The van der Waals surface area contributed by atoms with Gasteiger partial charge in [0.15, 0.2) is 17.8 Å². The van der Waals surface area contributed by atoms with E-state index in [2.05, 4.69) is 40.2 Å². The lowest BCUT2D eigenvalue weighted by molar-refractivity contribution is -0.385. The van der Waals surface area contributed by atoms with E-state index in [1.54, 1.807) is 37.3 Å². The number of anilines is 1. The Hall–Kier alpha value is -5.51. The molecule has 5 rings (SSSR count). The van der Waals surface area contributed by atoms with Gasteiger partial charge in [0.2, 0.25) is 5.95 Å². The number of ether oxygens (including phenoxy) is 4. The number of nitrogens with one attached hydrogen (secondary N) is 2. The predicted octanol–water partition coefficient (Wildman–Crippen LogP) is 7.07. The standard InChI is InChI=1S/C40H51N8O11P/c1-24(2)28-13-15-29(16-14-28)54-22-34(49)43-39-44-37-36(38(50)45-39)42-23-46(37)35-19-32(59-60(57-18-10-17-41)47(25(3)4)26(5)6)33(58-35)21-56-40(51)55-20-27(7)30-11-8-9-12-31(30)48(52)53/h8-9,11-16,23-27,32-33,35H,10,18-22H2,1-7H3,(H2,43,44,45,49,50)/t27-,32+,33-,35-,60?/m1/s1. The predicted molar refractivity (Wildman–Crippen MR) is 220 cm³/mol. The number of rotatable bonds is 20. The maximum atomic E-state index is 13.1. The highest BCUT2D eigenvalue weighted by Gasteiger charge is 2.42. The Morgan fingerprint density at radius 1 is 1.10 bits per heavy atom. The molecular weight excluding hydrogens is 799 g/mol. The Kier molecular flexibility index (Phi) is 16.1. The number of para-hydroxylation sites is 1. The molecule has 2 aromatic carbocycles. The zero-order valence-corrected chi connectivity index (χ0v) is 35.5. The van der Waals surface area contributed by atoms with Gasteiger partial charge >= 0.3 is 6.16 Å². The summed E-state index contributed by atoms with van der Waals surface area (Å²) in [6, 6.07) is 15.7. The fraction of sp³-hybridized carbons (Fsp3) is 0.500. The molecule has 20 heteroatoms. The molecule has 322 valence electrons. The number of carbonyl (C=O) groups is 2. The minimum absolute atomic E-state index is 0.0126. The second-order valence-electron chi connectivity index (χ2n) is 14.9. The number of H-pyrrole nitrogens is 1. The maximum Gasteiger partial charge on any atom is 0.508 e. The number of amides is 1. The van der Waals surface area contributed by atoms with Crippen molar-refractivity contribution in [3.63, 3.8) is 0 Å². The van der Waals surface area contributed by atoms with E-state index >= 15 is 0 Å². The number of benzene rings is 2. The van der Waals surface area contributed by atoms with Gasteiger partial charge in [-0.05, 0) is 51.3 Å². The molecule has 0 spiro atoms. The molecule has 0 bridgehead atoms. The van der Waals surface area contributed by atoms with Crippen LogP contribution < -0.4 is 15.6 Å². The van der Waals surface area contributed by atoms with Crippen LogP contribution in [-0.2, 0) is 28.1 Å². The third-order valence-electron chi connectivity index (χ3n) is 9.47. The summed E-state index contributed by atoms with van der Waals surface area (Å²) in [5, 5.41) is 23.3. The molecule has 4 aromatic rings. The van der Waals surface area contributed by atoms with Crippen LogP contribution in [0.4, 0.5) is 16.4 Å². The maximum absolute atomic E-state index is 13.1. The van der Waals surface area contributed by atoms with E-state index in [0.29, 0.717) is 17.2 Å². The molecule has 1 saturated heterocycles. The first kappa shape index (κ1) is 45.6. The van der Waals surface area contributed by atoms with Crippen LogP contribution in [0.2, 0.25) is 0 Å². The molecule has 1 amide bonds. The number of aromatic nitrogens is 4. The minimum atomic E-state index is -1.76. The molecule has 1 fully saturated rings. The molecule has 0 saturated carbocycles. The Morgan fingerprint density at radius 3 is 2.48 bits per heavy atom. The summed E-state index contributed by atoms with van der Waals surface area (Å²) in [6.45, 7) is 13.1. The van der Waals surface area contributed by atoms with Gasteiger partial charge in [-0.1, -0.05) is 51.1 Å². The van der Waals surface area contributed by atoms with Crippen molar-refractivity contribution in [1.82, 2.24) is 24.2 Å². The highest BCUT2D eigenvalue weighted by molar-refractivity contribution is 7.44. The van der Waals surface area contributed by atoms with Gasteiger partial charge in [-0.3, -0.25) is 34.6 Å². The molecule has 19 nitrogen and oxygen atoms in total. The molecule has 2 N–H and O–H groups in total. The second-order valence-corrected chi connectivity index (χ2v) is 16.4. The number of nitro benzene ring substituents is 1. The van der Waals surface area contributed by atoms with Crippen LogP contribution in [0.15, 0.2) is 59.7 Å². The van der Waals surface area contributed by atoms with Crippen molar-refractivity contribution in [2.45, 2.75) is 104 Å². The smallest absolute Gasteiger partial charge is 0.484 e. The topological polar surface area (TPSA) is 235 Å². The van der Waals surface area contributed by atoms with Crippen LogP contribution >= 0.6 is 8.53 Å². The SMILES string of the molecule is CC(C)c1ccc(OCC(=O)Nc2nc3c(ncn3[C@H]3C[C@H](OP(OCCC#N)N(C(C)C)C(C)C)[C@@H](COC(=O)OC[C@@H](C)c4ccccc4[N+](=O)[O-])O3)c(=O)[nH]2)cc1. The summed E-state index contributed by atoms with van der Waals surface area (Å²) in [5.74, 6) is -0.368. The van der Waals surface area contributed by atoms with Crippen LogP contribution in [-0.4, -0.2) is 91.9 Å². The van der Waals surface area contributed by atoms with Gasteiger partial charge in [0.05, 0.1) is 36.5 Å². The lowest BCUT2D eigenvalue weighted by atomic mass is 10.0. The van der Waals surface area contributed by atoms with Crippen molar-refractivity contribution < 1.29 is 42.5 Å². The quantitative estimate of drug-likeness (QED) is 0.0297. The largest absolute Gasteiger partial charge is 0.508 e. The molecule has 60 heavy (non-hydrogen) atoms. The fourth-order valence-electron chi connectivity index (χ4n) is 6.55. The van der Waals surface area contributed by atoms with E-state index in [-0.39, 0.29) is 74.2 Å². The highest BCUT2D eigenvalue weighted by atomic mass is 31.2. The van der Waals surface area contributed by atoms with E-state index in [4.69, 9.17) is 28.0 Å². The molecular formula is C40H51N8O11P. The zero-order valence-electron chi connectivity index (χ0n) is 34.6. The van der Waals surface area contributed by atoms with E-state index < -0.39 is 55.4 Å². The molecule has 2 aromatic heterocycles. The summed E-state index contributed by atoms with van der Waals surface area (Å²) < 4.78 is 39.3. The summed E-state index contributed by atoms with van der Waals surface area (Å²) >= 11 is 0. The summed E-state index contributed by atoms with van der Waals surface area (Å²) in [5.41, 5.74) is 0.918. The fourth-order valence-corrected chi connectivity index (χ4v) is 8.31. The number of imidazole rings is 1. The van der Waals surface area contributed by atoms with E-state index in [1.165, 1.54) is 17.0 Å². The van der Waals surface area contributed by atoms with Crippen molar-refractivity contribution in [2.75, 3.05) is 31.7 Å². The number of aromatic amines is 1. The van der Waals surface area contributed by atoms with Gasteiger partial charge in [0, 0.05) is 36.1 Å². The van der Waals surface area contributed by atoms with Crippen molar-refractivity contribution in [3.05, 3.63) is 86.5 Å². The Labute approximate surface area is 348 Å². The zero-order chi connectivity index (χ0) is 43.5. The van der Waals surface area contributed by atoms with Crippen LogP contribution in [0.25, 0.3) is 11.2 Å². The van der Waals surface area contributed by atoms with Crippen molar-refractivity contribution >= 4 is 43.4 Å². The first-order chi connectivity index (χ1) is 28.7. The number of hydrogen-bond donors (Lipinski definition) is 2. The van der Waals surface area contributed by atoms with Gasteiger partial charge < -0.3 is 28.0 Å². The van der Waals surface area contributed by atoms with Crippen molar-refractivity contribution in [2.24, 2.45) is 0 Å². The number of nitrogens with zero attached hydrogens (tertiary/aromatic N) is 6. The lowest BCUT2D eigenvalue weighted by Crippen LogP contribution is -2.37. The minimum Gasteiger partial charge on any atom is -0.484 e. The van der Waals surface area contributed by atoms with Gasteiger partial charge in [0.1, 0.15) is 31.3 Å². The summed E-state index contributed by atoms with van der Waals surface area (Å²) in [4.78, 5) is 61.3. The van der Waals surface area contributed by atoms with Crippen LogP contribution in [0.5, 0.6) is 5.75 Å². The first-order valence-electron chi connectivity index (χ1n) is 19.6. The van der Waals surface area contributed by atoms with Crippen molar-refractivity contribution in [3.8, 4) is 11.8 Å². The van der Waals surface area contributed by atoms with Gasteiger partial charge in [-0.2, -0.15) is 10.2 Å². The highest BCUT2D eigenvalue weighted by Crippen LogP contribution is 2.50. The molecule has 5 atom stereocenters. The number of hydrogen-bond acceptors (Lipinski definition) is 15. The van der Waals surface area contributed by atoms with Gasteiger partial charge in [-0.25, -0.2) is 14.4 Å². The molecule has 0 radical (unpaired) electrons. The van der Waals surface area contributed by atoms with E-state index in [1.807, 2.05) is 44.5 Å². The van der Waals surface area contributed by atoms with Crippen LogP contribution in [0.3, 0.4) is 0 Å². The summed E-state index contributed by atoms with van der Waals surface area (Å²) in [7, 11) is -1.76. The van der Waals surface area contributed by atoms with Crippen molar-refractivity contribution in [1.29, 1.82) is 5.26 Å². The third-order valence-corrected chi connectivity index (χ3v) is 11.6. The second kappa shape index (κ2) is 21.1. The Morgan fingerprint density at radius 2 is 1.82 bits per heavy atom. The number of carbonyl (C=O) groups excluding carboxylic acids is 2. The Bertz CT molecular complexity index is 2180. The number of fused-ring (bicyclic) bond motifs is 1. The third kappa shape index (κ3) is 11.8. The first-order valence-corrected chi connectivity index (χ1v) is 20.7. The molecule has 0 aliphatic carbocycles. The average Bonchev–Trinajstić information content (AvgIpc) is 3.82. The van der Waals surface area contributed by atoms with E-state index in [9.17, 15) is 29.8 Å². The summed E-state index contributed by atoms with van der Waals surface area (Å²) in [6.07, 6.45) is -1.85. The Balaban J connectivity index is 1.33. The number of nitriles is 1. The van der Waals surface area contributed by atoms with Gasteiger partial charge in [-0.15, -0.1) is 0 Å². The molecule has 1 unspecified atom stereocenters. The molecule has 1 aliphatic heterocycles. The molecule has 3 heterocycles. The molecule has 1 aliphatic rings. The normalized spacial score (nSPS) is 17.5. The van der Waals surface area contributed by atoms with Crippen LogP contribution in [0, 0.1) is 21.4 Å². The monoisotopic (exact) mass is 850 g/mol. The van der Waals surface area contributed by atoms with Gasteiger partial charge in [0.25, 0.3) is 25.7 Å². The lowest BCUT2D eigenvalue weighted by Gasteiger charge is -2.37. The average molecular weight is 851 g/mol. The number of nitro groups is 1. The van der Waals surface area contributed by atoms with Crippen LogP contribution in [0.1, 0.15) is 90.5 Å².